The lowest BCUT2D eigenvalue weighted by Crippen LogP contribution is -2.46. The Balaban J connectivity index is 2.06. The number of anilines is 1. The van der Waals surface area contributed by atoms with Crippen LogP contribution in [0.5, 0.6) is 0 Å². The van der Waals surface area contributed by atoms with Crippen LogP contribution in [0.1, 0.15) is 16.8 Å². The highest BCUT2D eigenvalue weighted by Gasteiger charge is 2.44. The van der Waals surface area contributed by atoms with E-state index in [1.807, 2.05) is 0 Å². The first-order valence-electron chi connectivity index (χ1n) is 5.96. The second-order valence-corrected chi connectivity index (χ2v) is 4.54. The van der Waals surface area contributed by atoms with Gasteiger partial charge in [0.2, 0.25) is 5.91 Å². The first kappa shape index (κ1) is 11.2. The van der Waals surface area contributed by atoms with Crippen LogP contribution in [0.25, 0.3) is 0 Å². The van der Waals surface area contributed by atoms with Gasteiger partial charge in [0.1, 0.15) is 6.04 Å². The van der Waals surface area contributed by atoms with Gasteiger partial charge >= 0.3 is 0 Å². The standard InChI is InChI=1S/C13H14N2O3/c1-18-10-6-7-15-11(10)12(16)14-9-5-3-2-4-8(9)13(15)17/h2-5,10-11H,6-7H2,1H3,(H,14,16)/t10-,11+/m1/s1. The summed E-state index contributed by atoms with van der Waals surface area (Å²) >= 11 is 0. The second-order valence-electron chi connectivity index (χ2n) is 4.54. The van der Waals surface area contributed by atoms with Gasteiger partial charge in [0.15, 0.2) is 0 Å². The monoisotopic (exact) mass is 246 g/mol. The van der Waals surface area contributed by atoms with Crippen LogP contribution in [-0.4, -0.2) is 42.5 Å². The fraction of sp³-hybridized carbons (Fsp3) is 0.385. The van der Waals surface area contributed by atoms with Gasteiger partial charge in [0, 0.05) is 13.7 Å². The van der Waals surface area contributed by atoms with Crippen molar-refractivity contribution >= 4 is 17.5 Å². The summed E-state index contributed by atoms with van der Waals surface area (Å²) in [6.07, 6.45) is 0.478. The topological polar surface area (TPSA) is 58.6 Å². The molecule has 1 N–H and O–H groups in total. The lowest BCUT2D eigenvalue weighted by atomic mass is 10.1. The summed E-state index contributed by atoms with van der Waals surface area (Å²) in [5, 5.41) is 2.81. The highest BCUT2D eigenvalue weighted by molar-refractivity contribution is 6.10. The molecule has 5 nitrogen and oxygen atoms in total. The molecule has 0 aromatic heterocycles. The molecule has 1 aromatic rings. The molecule has 18 heavy (non-hydrogen) atoms. The molecule has 1 aromatic carbocycles. The van der Waals surface area contributed by atoms with Crippen LogP contribution in [0.3, 0.4) is 0 Å². The number of carbonyl (C=O) groups excluding carboxylic acids is 2. The minimum absolute atomic E-state index is 0.103. The third kappa shape index (κ3) is 1.51. The van der Waals surface area contributed by atoms with E-state index in [0.29, 0.717) is 24.2 Å². The fourth-order valence-electron chi connectivity index (χ4n) is 2.69. The number of amides is 2. The van der Waals surface area contributed by atoms with Gasteiger partial charge in [-0.15, -0.1) is 0 Å². The summed E-state index contributed by atoms with van der Waals surface area (Å²) in [5.41, 5.74) is 1.13. The number of benzene rings is 1. The van der Waals surface area contributed by atoms with Crippen molar-refractivity contribution < 1.29 is 14.3 Å². The summed E-state index contributed by atoms with van der Waals surface area (Å²) in [7, 11) is 1.57. The number of methoxy groups -OCH3 is 1. The van der Waals surface area contributed by atoms with Gasteiger partial charge in [-0.25, -0.2) is 0 Å². The van der Waals surface area contributed by atoms with Crippen LogP contribution in [0.4, 0.5) is 5.69 Å². The van der Waals surface area contributed by atoms with E-state index in [-0.39, 0.29) is 17.9 Å². The number of hydrogen-bond acceptors (Lipinski definition) is 3. The van der Waals surface area contributed by atoms with Gasteiger partial charge < -0.3 is 15.0 Å². The minimum atomic E-state index is -0.519. The van der Waals surface area contributed by atoms with Crippen molar-refractivity contribution in [1.82, 2.24) is 4.90 Å². The van der Waals surface area contributed by atoms with Gasteiger partial charge in [-0.3, -0.25) is 9.59 Å². The maximum absolute atomic E-state index is 12.4. The molecule has 2 heterocycles. The van der Waals surface area contributed by atoms with Crippen molar-refractivity contribution in [2.45, 2.75) is 18.6 Å². The zero-order chi connectivity index (χ0) is 12.7. The molecule has 2 amide bonds. The van der Waals surface area contributed by atoms with Crippen LogP contribution < -0.4 is 5.32 Å². The average molecular weight is 246 g/mol. The Morgan fingerprint density at radius 1 is 1.33 bits per heavy atom. The molecule has 0 radical (unpaired) electrons. The van der Waals surface area contributed by atoms with Gasteiger partial charge in [-0.1, -0.05) is 12.1 Å². The van der Waals surface area contributed by atoms with E-state index < -0.39 is 6.04 Å². The van der Waals surface area contributed by atoms with Gasteiger partial charge in [-0.05, 0) is 18.6 Å². The van der Waals surface area contributed by atoms with Gasteiger partial charge in [-0.2, -0.15) is 0 Å². The van der Waals surface area contributed by atoms with E-state index in [0.717, 1.165) is 0 Å². The van der Waals surface area contributed by atoms with E-state index in [9.17, 15) is 9.59 Å². The highest BCUT2D eigenvalue weighted by Crippen LogP contribution is 2.29. The van der Waals surface area contributed by atoms with Crippen LogP contribution >= 0.6 is 0 Å². The normalized spacial score (nSPS) is 26.4. The first-order valence-corrected chi connectivity index (χ1v) is 5.96. The number of nitrogens with zero attached hydrogens (tertiary/aromatic N) is 1. The number of nitrogens with one attached hydrogen (secondary N) is 1. The summed E-state index contributed by atoms with van der Waals surface area (Å²) in [6.45, 7) is 0.559. The van der Waals surface area contributed by atoms with E-state index >= 15 is 0 Å². The van der Waals surface area contributed by atoms with Crippen molar-refractivity contribution in [2.75, 3.05) is 19.0 Å². The first-order chi connectivity index (χ1) is 8.72. The molecule has 1 saturated heterocycles. The molecule has 0 aliphatic carbocycles. The lowest BCUT2D eigenvalue weighted by Gasteiger charge is -2.23. The molecular formula is C13H14N2O3. The molecule has 0 spiro atoms. The predicted octanol–water partition coefficient (Wildman–Crippen LogP) is 0.868. The van der Waals surface area contributed by atoms with E-state index in [1.54, 1.807) is 36.3 Å². The number of carbonyl (C=O) groups is 2. The largest absolute Gasteiger partial charge is 0.379 e. The van der Waals surface area contributed by atoms with Crippen molar-refractivity contribution in [3.05, 3.63) is 29.8 Å². The average Bonchev–Trinajstić information content (AvgIpc) is 2.78. The summed E-state index contributed by atoms with van der Waals surface area (Å²) in [6, 6.07) is 6.56. The van der Waals surface area contributed by atoms with Crippen LogP contribution in [0, 0.1) is 0 Å². The van der Waals surface area contributed by atoms with Gasteiger partial charge in [0.25, 0.3) is 5.91 Å². The zero-order valence-corrected chi connectivity index (χ0v) is 10.1. The summed E-state index contributed by atoms with van der Waals surface area (Å²) in [4.78, 5) is 26.2. The third-order valence-electron chi connectivity index (χ3n) is 3.59. The third-order valence-corrected chi connectivity index (χ3v) is 3.59. The molecule has 0 unspecified atom stereocenters. The zero-order valence-electron chi connectivity index (χ0n) is 10.1. The number of fused-ring (bicyclic) bond motifs is 2. The Hall–Kier alpha value is -1.88. The summed E-state index contributed by atoms with van der Waals surface area (Å²) < 4.78 is 5.30. The Bertz CT molecular complexity index is 515. The molecule has 2 aliphatic heterocycles. The van der Waals surface area contributed by atoms with E-state index in [4.69, 9.17) is 4.74 Å². The van der Waals surface area contributed by atoms with Crippen molar-refractivity contribution in [3.8, 4) is 0 Å². The minimum Gasteiger partial charge on any atom is -0.379 e. The quantitative estimate of drug-likeness (QED) is 0.799. The molecule has 5 heteroatoms. The van der Waals surface area contributed by atoms with Crippen molar-refractivity contribution in [3.63, 3.8) is 0 Å². The van der Waals surface area contributed by atoms with E-state index in [2.05, 4.69) is 5.32 Å². The predicted molar refractivity (Wildman–Crippen MR) is 65.3 cm³/mol. The number of hydrogen-bond donors (Lipinski definition) is 1. The maximum Gasteiger partial charge on any atom is 0.256 e. The molecule has 0 bridgehead atoms. The maximum atomic E-state index is 12.4. The molecule has 0 saturated carbocycles. The Kier molecular flexibility index (Phi) is 2.56. The molecule has 1 fully saturated rings. The SMILES string of the molecule is CO[C@@H]1CCN2C(=O)c3ccccc3NC(=O)[C@H]12. The molecule has 2 atom stereocenters. The smallest absolute Gasteiger partial charge is 0.256 e. The van der Waals surface area contributed by atoms with Crippen LogP contribution in [0.2, 0.25) is 0 Å². The second kappa shape index (κ2) is 4.10. The molecule has 3 rings (SSSR count). The summed E-state index contributed by atoms with van der Waals surface area (Å²) in [5.74, 6) is -0.272. The lowest BCUT2D eigenvalue weighted by molar-refractivity contribution is -0.122. The van der Waals surface area contributed by atoms with Crippen LogP contribution in [0.15, 0.2) is 24.3 Å². The van der Waals surface area contributed by atoms with Crippen LogP contribution in [-0.2, 0) is 9.53 Å². The number of rotatable bonds is 1. The molecule has 2 aliphatic rings. The van der Waals surface area contributed by atoms with Gasteiger partial charge in [0.05, 0.1) is 17.4 Å². The Labute approximate surface area is 105 Å². The Morgan fingerprint density at radius 2 is 2.11 bits per heavy atom. The number of para-hydroxylation sites is 1. The number of ether oxygens (including phenoxy) is 1. The molecular weight excluding hydrogens is 232 g/mol. The molecule has 94 valence electrons. The Morgan fingerprint density at radius 3 is 2.89 bits per heavy atom. The highest BCUT2D eigenvalue weighted by atomic mass is 16.5. The van der Waals surface area contributed by atoms with Crippen molar-refractivity contribution in [2.24, 2.45) is 0 Å². The van der Waals surface area contributed by atoms with Crippen molar-refractivity contribution in [1.29, 1.82) is 0 Å². The van der Waals surface area contributed by atoms with E-state index in [1.165, 1.54) is 0 Å². The fourth-order valence-corrected chi connectivity index (χ4v) is 2.69.